The molecule has 0 spiro atoms. The molecular formula is C20H18N2O3. The molecule has 0 saturated carbocycles. The highest BCUT2D eigenvalue weighted by atomic mass is 16.5. The number of aromatic nitrogens is 1. The van der Waals surface area contributed by atoms with Crippen molar-refractivity contribution < 1.29 is 14.3 Å². The van der Waals surface area contributed by atoms with E-state index in [2.05, 4.69) is 10.3 Å². The van der Waals surface area contributed by atoms with Gasteiger partial charge in [0.25, 0.3) is 5.91 Å². The van der Waals surface area contributed by atoms with Gasteiger partial charge in [0.15, 0.2) is 6.61 Å². The Balaban J connectivity index is 1.45. The van der Waals surface area contributed by atoms with Gasteiger partial charge in [0.05, 0.1) is 11.9 Å². The Labute approximate surface area is 146 Å². The predicted molar refractivity (Wildman–Crippen MR) is 95.6 cm³/mol. The molecule has 1 amide bonds. The molecule has 126 valence electrons. The summed E-state index contributed by atoms with van der Waals surface area (Å²) in [6, 6.07) is 20.7. The van der Waals surface area contributed by atoms with Crippen molar-refractivity contribution in [2.24, 2.45) is 0 Å². The van der Waals surface area contributed by atoms with E-state index in [0.717, 1.165) is 11.3 Å². The molecule has 1 N–H and O–H groups in total. The molecule has 3 aromatic rings. The number of pyridine rings is 1. The molecule has 2 aromatic carbocycles. The summed E-state index contributed by atoms with van der Waals surface area (Å²) in [4.78, 5) is 15.8. The second-order valence-electron chi connectivity index (χ2n) is 5.32. The minimum absolute atomic E-state index is 0.0703. The fourth-order valence-electron chi connectivity index (χ4n) is 2.16. The van der Waals surface area contributed by atoms with Crippen molar-refractivity contribution in [2.75, 3.05) is 11.9 Å². The molecule has 1 aromatic heterocycles. The van der Waals surface area contributed by atoms with E-state index in [1.54, 1.807) is 36.7 Å². The number of ether oxygens (including phenoxy) is 2. The number of anilines is 1. The first kappa shape index (κ1) is 16.5. The minimum Gasteiger partial charge on any atom is -0.489 e. The molecule has 3 rings (SSSR count). The highest BCUT2D eigenvalue weighted by molar-refractivity contribution is 5.91. The summed E-state index contributed by atoms with van der Waals surface area (Å²) in [5, 5.41) is 2.71. The van der Waals surface area contributed by atoms with Gasteiger partial charge >= 0.3 is 0 Å². The van der Waals surface area contributed by atoms with Crippen LogP contribution in [0.5, 0.6) is 11.5 Å². The zero-order valence-electron chi connectivity index (χ0n) is 13.6. The van der Waals surface area contributed by atoms with Crippen molar-refractivity contribution in [3.8, 4) is 11.5 Å². The second-order valence-corrected chi connectivity index (χ2v) is 5.32. The second kappa shape index (κ2) is 8.49. The molecule has 25 heavy (non-hydrogen) atoms. The molecule has 5 nitrogen and oxygen atoms in total. The van der Waals surface area contributed by atoms with Crippen molar-refractivity contribution in [2.45, 2.75) is 6.61 Å². The quantitative estimate of drug-likeness (QED) is 0.716. The Morgan fingerprint density at radius 2 is 1.60 bits per heavy atom. The summed E-state index contributed by atoms with van der Waals surface area (Å²) in [5.74, 6) is 1.11. The van der Waals surface area contributed by atoms with Gasteiger partial charge in [-0.3, -0.25) is 9.78 Å². The van der Waals surface area contributed by atoms with Crippen molar-refractivity contribution >= 4 is 11.6 Å². The Bertz CT molecular complexity index is 790. The summed E-state index contributed by atoms with van der Waals surface area (Å²) >= 11 is 0. The normalized spacial score (nSPS) is 10.1. The number of hydrogen-bond donors (Lipinski definition) is 1. The van der Waals surface area contributed by atoms with E-state index in [-0.39, 0.29) is 12.5 Å². The van der Waals surface area contributed by atoms with Gasteiger partial charge in [-0.05, 0) is 42.0 Å². The van der Waals surface area contributed by atoms with Crippen LogP contribution in [0.15, 0.2) is 79.1 Å². The maximum absolute atomic E-state index is 11.8. The number of carbonyl (C=O) groups excluding carboxylic acids is 1. The Kier molecular flexibility index (Phi) is 5.61. The monoisotopic (exact) mass is 334 g/mol. The summed E-state index contributed by atoms with van der Waals surface area (Å²) in [6.45, 7) is 0.438. The topological polar surface area (TPSA) is 60.5 Å². The van der Waals surface area contributed by atoms with Crippen LogP contribution >= 0.6 is 0 Å². The average Bonchev–Trinajstić information content (AvgIpc) is 2.67. The van der Waals surface area contributed by atoms with Gasteiger partial charge in [0.2, 0.25) is 0 Å². The molecule has 1 heterocycles. The van der Waals surface area contributed by atoms with Crippen LogP contribution in [-0.4, -0.2) is 17.5 Å². The van der Waals surface area contributed by atoms with Crippen LogP contribution in [-0.2, 0) is 11.4 Å². The van der Waals surface area contributed by atoms with Gasteiger partial charge in [0.1, 0.15) is 18.1 Å². The van der Waals surface area contributed by atoms with Crippen LogP contribution in [0.3, 0.4) is 0 Å². The Morgan fingerprint density at radius 1 is 0.880 bits per heavy atom. The maximum atomic E-state index is 11.8. The first-order valence-corrected chi connectivity index (χ1v) is 7.89. The number of benzene rings is 2. The minimum atomic E-state index is -0.239. The van der Waals surface area contributed by atoms with Crippen LogP contribution in [0.1, 0.15) is 5.56 Å². The third kappa shape index (κ3) is 5.35. The summed E-state index contributed by atoms with van der Waals surface area (Å²) in [5.41, 5.74) is 1.75. The van der Waals surface area contributed by atoms with Crippen molar-refractivity contribution in [3.63, 3.8) is 0 Å². The van der Waals surface area contributed by atoms with Crippen LogP contribution in [0, 0.1) is 0 Å². The SMILES string of the molecule is O=C(COc1ccc(OCc2ccccc2)cc1)Nc1cccnc1. The van der Waals surface area contributed by atoms with Crippen molar-refractivity contribution in [3.05, 3.63) is 84.7 Å². The van der Waals surface area contributed by atoms with E-state index in [1.807, 2.05) is 42.5 Å². The molecule has 0 aliphatic rings. The largest absolute Gasteiger partial charge is 0.489 e. The zero-order chi connectivity index (χ0) is 17.3. The molecule has 0 atom stereocenters. The molecule has 0 bridgehead atoms. The first-order valence-electron chi connectivity index (χ1n) is 7.89. The van der Waals surface area contributed by atoms with E-state index in [9.17, 15) is 4.79 Å². The molecule has 0 radical (unpaired) electrons. The fourth-order valence-corrected chi connectivity index (χ4v) is 2.16. The highest BCUT2D eigenvalue weighted by Gasteiger charge is 2.04. The predicted octanol–water partition coefficient (Wildman–Crippen LogP) is 3.68. The maximum Gasteiger partial charge on any atom is 0.262 e. The summed E-state index contributed by atoms with van der Waals surface area (Å²) in [7, 11) is 0. The molecule has 0 fully saturated rings. The Hall–Kier alpha value is -3.34. The number of nitrogens with zero attached hydrogens (tertiary/aromatic N) is 1. The van der Waals surface area contributed by atoms with E-state index < -0.39 is 0 Å². The number of rotatable bonds is 7. The van der Waals surface area contributed by atoms with Gasteiger partial charge in [-0.1, -0.05) is 30.3 Å². The summed E-state index contributed by atoms with van der Waals surface area (Å²) in [6.07, 6.45) is 3.23. The van der Waals surface area contributed by atoms with Crippen molar-refractivity contribution in [1.82, 2.24) is 4.98 Å². The fraction of sp³-hybridized carbons (Fsp3) is 0.100. The van der Waals surface area contributed by atoms with Gasteiger partial charge < -0.3 is 14.8 Å². The number of amides is 1. The number of carbonyl (C=O) groups is 1. The molecule has 0 unspecified atom stereocenters. The number of hydrogen-bond acceptors (Lipinski definition) is 4. The van der Waals surface area contributed by atoms with Crippen LogP contribution in [0.2, 0.25) is 0 Å². The van der Waals surface area contributed by atoms with Crippen LogP contribution in [0.4, 0.5) is 5.69 Å². The van der Waals surface area contributed by atoms with Crippen LogP contribution in [0.25, 0.3) is 0 Å². The van der Waals surface area contributed by atoms with Crippen molar-refractivity contribution in [1.29, 1.82) is 0 Å². The van der Waals surface area contributed by atoms with Gasteiger partial charge in [0, 0.05) is 6.20 Å². The number of nitrogens with one attached hydrogen (secondary N) is 1. The standard InChI is InChI=1S/C20H18N2O3/c23-20(22-17-7-4-12-21-13-17)15-25-19-10-8-18(9-11-19)24-14-16-5-2-1-3-6-16/h1-13H,14-15H2,(H,22,23). The van der Waals surface area contributed by atoms with Gasteiger partial charge in [-0.2, -0.15) is 0 Å². The van der Waals surface area contributed by atoms with Gasteiger partial charge in [-0.15, -0.1) is 0 Å². The third-order valence-electron chi connectivity index (χ3n) is 3.39. The lowest BCUT2D eigenvalue weighted by molar-refractivity contribution is -0.118. The molecule has 0 saturated heterocycles. The molecular weight excluding hydrogens is 316 g/mol. The summed E-state index contributed by atoms with van der Waals surface area (Å²) < 4.78 is 11.2. The Morgan fingerprint density at radius 3 is 2.28 bits per heavy atom. The molecule has 0 aliphatic carbocycles. The molecule has 0 aliphatic heterocycles. The third-order valence-corrected chi connectivity index (χ3v) is 3.39. The van der Waals surface area contributed by atoms with Crippen LogP contribution < -0.4 is 14.8 Å². The smallest absolute Gasteiger partial charge is 0.262 e. The lowest BCUT2D eigenvalue weighted by atomic mass is 10.2. The van der Waals surface area contributed by atoms with Gasteiger partial charge in [-0.25, -0.2) is 0 Å². The zero-order valence-corrected chi connectivity index (χ0v) is 13.6. The lowest BCUT2D eigenvalue weighted by Gasteiger charge is -2.09. The van der Waals surface area contributed by atoms with E-state index in [4.69, 9.17) is 9.47 Å². The van der Waals surface area contributed by atoms with E-state index in [1.165, 1.54) is 0 Å². The lowest BCUT2D eigenvalue weighted by Crippen LogP contribution is -2.20. The highest BCUT2D eigenvalue weighted by Crippen LogP contribution is 2.18. The molecule has 5 heteroatoms. The van der Waals surface area contributed by atoms with E-state index >= 15 is 0 Å². The average molecular weight is 334 g/mol. The van der Waals surface area contributed by atoms with E-state index in [0.29, 0.717) is 18.0 Å². The first-order chi connectivity index (χ1) is 12.3.